The molecule has 0 aliphatic carbocycles. The summed E-state index contributed by atoms with van der Waals surface area (Å²) in [6.45, 7) is 0. The van der Waals surface area contributed by atoms with Gasteiger partial charge in [0.25, 0.3) is 5.24 Å². The van der Waals surface area contributed by atoms with Crippen molar-refractivity contribution in [1.29, 1.82) is 0 Å². The van der Waals surface area contributed by atoms with Crippen LogP contribution in [0.1, 0.15) is 10.4 Å². The van der Waals surface area contributed by atoms with Gasteiger partial charge >= 0.3 is 6.36 Å². The number of ether oxygens (including phenoxy) is 1. The number of halogens is 5. The monoisotopic (exact) mass is 302 g/mol. The number of alkyl halides is 3. The Balaban J connectivity index is 3.18. The Kier molecular flexibility index (Phi) is 3.62. The zero-order valence-corrected chi connectivity index (χ0v) is 9.28. The molecule has 0 atom stereocenters. The number of carbonyl (C=O) groups is 1. The van der Waals surface area contributed by atoms with Crippen molar-refractivity contribution in [2.75, 3.05) is 0 Å². The molecule has 0 fully saturated rings. The van der Waals surface area contributed by atoms with Crippen molar-refractivity contribution in [3.63, 3.8) is 0 Å². The smallest absolute Gasteiger partial charge is 0.405 e. The molecule has 2 nitrogen and oxygen atoms in total. The maximum atomic E-state index is 11.9. The van der Waals surface area contributed by atoms with Crippen molar-refractivity contribution in [1.82, 2.24) is 0 Å². The summed E-state index contributed by atoms with van der Waals surface area (Å²) in [5, 5.41) is -1.03. The third-order valence-electron chi connectivity index (χ3n) is 1.40. The van der Waals surface area contributed by atoms with E-state index >= 15 is 0 Å². The largest absolute Gasteiger partial charge is 0.573 e. The summed E-state index contributed by atoms with van der Waals surface area (Å²) >= 11 is 8.03. The van der Waals surface area contributed by atoms with Crippen molar-refractivity contribution in [2.24, 2.45) is 0 Å². The van der Waals surface area contributed by atoms with Crippen LogP contribution in [0.25, 0.3) is 0 Å². The molecule has 0 saturated heterocycles. The summed E-state index contributed by atoms with van der Waals surface area (Å²) in [5.41, 5.74) is -0.350. The molecule has 1 aromatic carbocycles. The molecule has 1 rings (SSSR count). The Morgan fingerprint density at radius 2 is 2.00 bits per heavy atom. The Morgan fingerprint density at radius 1 is 1.40 bits per heavy atom. The fraction of sp³-hybridized carbons (Fsp3) is 0.125. The van der Waals surface area contributed by atoms with E-state index in [-0.39, 0.29) is 10.0 Å². The highest BCUT2D eigenvalue weighted by atomic mass is 79.9. The average molecular weight is 303 g/mol. The Hall–Kier alpha value is -0.750. The first kappa shape index (κ1) is 12.3. The second-order valence-corrected chi connectivity index (χ2v) is 3.63. The third-order valence-corrected chi connectivity index (χ3v) is 2.25. The number of hydrogen-bond donors (Lipinski definition) is 0. The Bertz CT molecular complexity index is 392. The molecule has 0 aliphatic rings. The zero-order valence-electron chi connectivity index (χ0n) is 6.94. The normalized spacial score (nSPS) is 11.3. The van der Waals surface area contributed by atoms with Gasteiger partial charge in [-0.25, -0.2) is 0 Å². The van der Waals surface area contributed by atoms with Crippen LogP contribution in [-0.2, 0) is 0 Å². The van der Waals surface area contributed by atoms with Crippen LogP contribution >= 0.6 is 27.5 Å². The second-order valence-electron chi connectivity index (χ2n) is 2.43. The highest BCUT2D eigenvalue weighted by Gasteiger charge is 2.33. The summed E-state index contributed by atoms with van der Waals surface area (Å²) in [6, 6.07) is 3.70. The van der Waals surface area contributed by atoms with E-state index in [1.165, 1.54) is 12.1 Å². The van der Waals surface area contributed by atoms with E-state index in [0.29, 0.717) is 0 Å². The number of rotatable bonds is 2. The van der Waals surface area contributed by atoms with Gasteiger partial charge in [-0.05, 0) is 39.7 Å². The quantitative estimate of drug-likeness (QED) is 0.778. The van der Waals surface area contributed by atoms with Crippen LogP contribution in [0.15, 0.2) is 22.7 Å². The third kappa shape index (κ3) is 3.39. The van der Waals surface area contributed by atoms with Crippen molar-refractivity contribution in [2.45, 2.75) is 6.36 Å². The van der Waals surface area contributed by atoms with Crippen LogP contribution in [-0.4, -0.2) is 11.6 Å². The van der Waals surface area contributed by atoms with Gasteiger partial charge < -0.3 is 4.74 Å². The molecule has 0 spiro atoms. The van der Waals surface area contributed by atoms with Crippen molar-refractivity contribution in [3.05, 3.63) is 28.2 Å². The molecule has 7 heteroatoms. The predicted molar refractivity (Wildman–Crippen MR) is 51.0 cm³/mol. The molecule has 0 saturated carbocycles. The van der Waals surface area contributed by atoms with E-state index in [4.69, 9.17) is 11.6 Å². The van der Waals surface area contributed by atoms with Crippen molar-refractivity contribution >= 4 is 32.8 Å². The molecule has 15 heavy (non-hydrogen) atoms. The van der Waals surface area contributed by atoms with E-state index in [1.54, 1.807) is 0 Å². The van der Waals surface area contributed by atoms with Crippen molar-refractivity contribution < 1.29 is 22.7 Å². The lowest BCUT2D eigenvalue weighted by molar-refractivity contribution is -0.274. The minimum absolute atomic E-state index is 0.143. The van der Waals surface area contributed by atoms with Gasteiger partial charge in [0.2, 0.25) is 0 Å². The van der Waals surface area contributed by atoms with E-state index in [0.717, 1.165) is 6.07 Å². The molecule has 0 radical (unpaired) electrons. The minimum atomic E-state index is -4.86. The van der Waals surface area contributed by atoms with Crippen LogP contribution < -0.4 is 4.74 Å². The van der Waals surface area contributed by atoms with E-state index in [1.807, 2.05) is 0 Å². The van der Waals surface area contributed by atoms with Gasteiger partial charge in [-0.15, -0.1) is 13.2 Å². The van der Waals surface area contributed by atoms with Crippen LogP contribution in [0.3, 0.4) is 0 Å². The molecule has 0 aromatic heterocycles. The maximum Gasteiger partial charge on any atom is 0.573 e. The van der Waals surface area contributed by atoms with Gasteiger partial charge in [0.05, 0.1) is 5.56 Å². The fourth-order valence-corrected chi connectivity index (χ4v) is 1.74. The molecule has 0 amide bonds. The standard InChI is InChI=1S/C8H3BrClF3O2/c9-4-2-1-3-5(6(4)7(10)14)15-8(11,12)13/h1-3H. The van der Waals surface area contributed by atoms with Crippen LogP contribution in [0, 0.1) is 0 Å². The van der Waals surface area contributed by atoms with Gasteiger partial charge in [0.15, 0.2) is 0 Å². The predicted octanol–water partition coefficient (Wildman–Crippen LogP) is 3.73. The molecular weight excluding hydrogens is 300 g/mol. The van der Waals surface area contributed by atoms with E-state index in [9.17, 15) is 18.0 Å². The molecule has 0 N–H and O–H groups in total. The fourth-order valence-electron chi connectivity index (χ4n) is 0.905. The van der Waals surface area contributed by atoms with E-state index in [2.05, 4.69) is 20.7 Å². The first-order valence-corrected chi connectivity index (χ1v) is 4.72. The summed E-state index contributed by atoms with van der Waals surface area (Å²) in [5.74, 6) is -0.628. The number of carbonyl (C=O) groups excluding carboxylic acids is 1. The van der Waals surface area contributed by atoms with Gasteiger partial charge in [0.1, 0.15) is 5.75 Å². The molecule has 0 aliphatic heterocycles. The number of hydrogen-bond acceptors (Lipinski definition) is 2. The van der Waals surface area contributed by atoms with Crippen molar-refractivity contribution in [3.8, 4) is 5.75 Å². The van der Waals surface area contributed by atoms with Crippen LogP contribution in [0.4, 0.5) is 13.2 Å². The minimum Gasteiger partial charge on any atom is -0.405 e. The maximum absolute atomic E-state index is 11.9. The summed E-state index contributed by atoms with van der Waals surface area (Å²) in [7, 11) is 0. The Morgan fingerprint density at radius 3 is 2.47 bits per heavy atom. The topological polar surface area (TPSA) is 26.3 Å². The van der Waals surface area contributed by atoms with E-state index < -0.39 is 17.4 Å². The van der Waals surface area contributed by atoms with Crippen LogP contribution in [0.2, 0.25) is 0 Å². The lowest BCUT2D eigenvalue weighted by Crippen LogP contribution is -2.18. The van der Waals surface area contributed by atoms with Gasteiger partial charge in [0, 0.05) is 4.47 Å². The van der Waals surface area contributed by atoms with Gasteiger partial charge in [-0.1, -0.05) is 6.07 Å². The summed E-state index contributed by atoms with van der Waals surface area (Å²) in [6.07, 6.45) is -4.86. The molecule has 0 heterocycles. The average Bonchev–Trinajstić information content (AvgIpc) is 1.99. The molecule has 82 valence electrons. The highest BCUT2D eigenvalue weighted by molar-refractivity contribution is 9.10. The highest BCUT2D eigenvalue weighted by Crippen LogP contribution is 2.32. The molecular formula is C8H3BrClF3O2. The van der Waals surface area contributed by atoms with Gasteiger partial charge in [-0.3, -0.25) is 4.79 Å². The summed E-state index contributed by atoms with van der Waals surface area (Å²) < 4.78 is 39.6. The first-order valence-electron chi connectivity index (χ1n) is 3.55. The van der Waals surface area contributed by atoms with Crippen LogP contribution in [0.5, 0.6) is 5.75 Å². The summed E-state index contributed by atoms with van der Waals surface area (Å²) in [4.78, 5) is 10.9. The second kappa shape index (κ2) is 4.40. The lowest BCUT2D eigenvalue weighted by Gasteiger charge is -2.11. The lowest BCUT2D eigenvalue weighted by atomic mass is 10.2. The molecule has 1 aromatic rings. The Labute approximate surface area is 96.1 Å². The number of benzene rings is 1. The SMILES string of the molecule is O=C(Cl)c1c(Br)cccc1OC(F)(F)F. The molecule has 0 bridgehead atoms. The zero-order chi connectivity index (χ0) is 11.6. The molecule has 0 unspecified atom stereocenters. The first-order chi connectivity index (χ1) is 6.81. The van der Waals surface area contributed by atoms with Gasteiger partial charge in [-0.2, -0.15) is 0 Å².